The highest BCUT2D eigenvalue weighted by Crippen LogP contribution is 2.21. The summed E-state index contributed by atoms with van der Waals surface area (Å²) in [5.74, 6) is -0.299. The van der Waals surface area contributed by atoms with Gasteiger partial charge in [-0.05, 0) is 43.1 Å². The van der Waals surface area contributed by atoms with Gasteiger partial charge in [-0.3, -0.25) is 14.5 Å². The lowest BCUT2D eigenvalue weighted by Gasteiger charge is -2.24. The molecular weight excluding hydrogens is 400 g/mol. The van der Waals surface area contributed by atoms with E-state index < -0.39 is 0 Å². The molecule has 2 aromatic carbocycles. The minimum Gasteiger partial charge on any atom is -0.370 e. The largest absolute Gasteiger partial charge is 0.370 e. The van der Waals surface area contributed by atoms with E-state index >= 15 is 0 Å². The van der Waals surface area contributed by atoms with Crippen LogP contribution in [0.5, 0.6) is 0 Å². The van der Waals surface area contributed by atoms with E-state index in [-0.39, 0.29) is 17.5 Å². The van der Waals surface area contributed by atoms with Crippen molar-refractivity contribution < 1.29 is 4.79 Å². The number of primary amides is 1. The molecule has 1 fully saturated rings. The van der Waals surface area contributed by atoms with Crippen molar-refractivity contribution in [3.05, 3.63) is 75.2 Å². The molecule has 30 heavy (non-hydrogen) atoms. The monoisotopic (exact) mass is 424 g/mol. The average molecular weight is 425 g/mol. The first-order chi connectivity index (χ1) is 14.5. The van der Waals surface area contributed by atoms with Gasteiger partial charge in [-0.25, -0.2) is 4.68 Å². The van der Waals surface area contributed by atoms with Gasteiger partial charge in [-0.2, -0.15) is 5.10 Å². The molecule has 1 saturated heterocycles. The van der Waals surface area contributed by atoms with Gasteiger partial charge in [0.25, 0.3) is 5.56 Å². The summed E-state index contributed by atoms with van der Waals surface area (Å²) in [6.45, 7) is 2.05. The molecule has 1 aliphatic heterocycles. The van der Waals surface area contributed by atoms with E-state index in [1.54, 1.807) is 4.68 Å². The summed E-state index contributed by atoms with van der Waals surface area (Å²) in [7, 11) is 0. The molecule has 0 unspecified atom stereocenters. The number of rotatable bonds is 7. The average Bonchev–Trinajstić information content (AvgIpc) is 3.18. The zero-order chi connectivity index (χ0) is 21.1. The van der Waals surface area contributed by atoms with E-state index in [9.17, 15) is 9.59 Å². The first-order valence-electron chi connectivity index (χ1n) is 10.3. The topological polar surface area (TPSA) is 81.2 Å². The number of carbonyl (C=O) groups is 1. The van der Waals surface area contributed by atoms with Crippen molar-refractivity contribution in [2.24, 2.45) is 5.73 Å². The fraction of sp³-hybridized carbons (Fsp3) is 0.348. The Kier molecular flexibility index (Phi) is 6.16. The van der Waals surface area contributed by atoms with Crippen LogP contribution in [-0.2, 0) is 17.8 Å². The summed E-state index contributed by atoms with van der Waals surface area (Å²) < 4.78 is 1.60. The second-order valence-corrected chi connectivity index (χ2v) is 8.27. The van der Waals surface area contributed by atoms with E-state index in [2.05, 4.69) is 4.90 Å². The van der Waals surface area contributed by atoms with Crippen molar-refractivity contribution in [2.75, 3.05) is 13.1 Å². The van der Waals surface area contributed by atoms with Crippen LogP contribution in [0.15, 0.2) is 53.3 Å². The molecule has 0 aliphatic carbocycles. The fourth-order valence-electron chi connectivity index (χ4n) is 4.20. The molecule has 1 aliphatic rings. The van der Waals surface area contributed by atoms with E-state index in [1.165, 1.54) is 0 Å². The summed E-state index contributed by atoms with van der Waals surface area (Å²) in [6.07, 6.45) is 2.97. The van der Waals surface area contributed by atoms with Crippen molar-refractivity contribution in [1.82, 2.24) is 14.7 Å². The molecule has 3 aromatic rings. The first-order valence-corrected chi connectivity index (χ1v) is 10.6. The quantitative estimate of drug-likeness (QED) is 0.632. The molecule has 1 atom stereocenters. The predicted molar refractivity (Wildman–Crippen MR) is 119 cm³/mol. The summed E-state index contributed by atoms with van der Waals surface area (Å²) in [6, 6.07) is 15.5. The lowest BCUT2D eigenvalue weighted by atomic mass is 10.0. The molecule has 156 valence electrons. The van der Waals surface area contributed by atoms with E-state index in [1.807, 2.05) is 48.5 Å². The van der Waals surface area contributed by atoms with Crippen molar-refractivity contribution in [3.63, 3.8) is 0 Å². The number of hydrogen-bond acceptors (Lipinski definition) is 4. The number of likely N-dealkylation sites (tertiary alicyclic amines) is 1. The Morgan fingerprint density at radius 3 is 2.60 bits per heavy atom. The second kappa shape index (κ2) is 8.98. The Bertz CT molecular complexity index is 1110. The zero-order valence-electron chi connectivity index (χ0n) is 16.8. The number of aromatic nitrogens is 2. The van der Waals surface area contributed by atoms with Crippen LogP contribution >= 0.6 is 11.6 Å². The maximum absolute atomic E-state index is 13.1. The molecule has 2 N–H and O–H groups in total. The summed E-state index contributed by atoms with van der Waals surface area (Å²) >= 11 is 6.02. The Balaban J connectivity index is 1.66. The van der Waals surface area contributed by atoms with Crippen molar-refractivity contribution in [2.45, 2.75) is 38.3 Å². The molecule has 0 saturated carbocycles. The zero-order valence-corrected chi connectivity index (χ0v) is 17.5. The maximum atomic E-state index is 13.1. The molecule has 2 heterocycles. The lowest BCUT2D eigenvalue weighted by molar-refractivity contribution is -0.118. The molecule has 6 nitrogen and oxygen atoms in total. The number of nitrogens with two attached hydrogens (primary N) is 1. The Labute approximate surface area is 180 Å². The standard InChI is InChI=1S/C23H25ClN4O2/c24-17-9-7-16(8-10-17)14-21-19-5-1-2-6-20(19)23(30)28(26-21)15-18-4-3-12-27(18)13-11-22(25)29/h1-2,5-10,18H,3-4,11-15H2,(H2,25,29)/t18-/m1/s1. The predicted octanol–water partition coefficient (Wildman–Crippen LogP) is 2.98. The minimum absolute atomic E-state index is 0.0767. The fourth-order valence-corrected chi connectivity index (χ4v) is 4.33. The van der Waals surface area contributed by atoms with E-state index in [0.717, 1.165) is 36.0 Å². The number of amides is 1. The van der Waals surface area contributed by atoms with E-state index in [0.29, 0.717) is 36.3 Å². The highest BCUT2D eigenvalue weighted by molar-refractivity contribution is 6.30. The Morgan fingerprint density at radius 1 is 1.13 bits per heavy atom. The SMILES string of the molecule is NC(=O)CCN1CCC[C@@H]1Cn1nc(Cc2ccc(Cl)cc2)c2ccccc2c1=O. The van der Waals surface area contributed by atoms with Crippen LogP contribution in [0.25, 0.3) is 10.8 Å². The number of nitrogens with zero attached hydrogens (tertiary/aromatic N) is 3. The van der Waals surface area contributed by atoms with Gasteiger partial charge in [0.2, 0.25) is 5.91 Å². The maximum Gasteiger partial charge on any atom is 0.274 e. The molecule has 4 rings (SSSR count). The smallest absolute Gasteiger partial charge is 0.274 e. The molecule has 0 radical (unpaired) electrons. The van der Waals surface area contributed by atoms with Crippen molar-refractivity contribution in [1.29, 1.82) is 0 Å². The summed E-state index contributed by atoms with van der Waals surface area (Å²) in [4.78, 5) is 26.6. The highest BCUT2D eigenvalue weighted by atomic mass is 35.5. The lowest BCUT2D eigenvalue weighted by Crippen LogP contribution is -2.39. The number of benzene rings is 2. The third kappa shape index (κ3) is 4.55. The van der Waals surface area contributed by atoms with Gasteiger partial charge in [-0.1, -0.05) is 41.9 Å². The Morgan fingerprint density at radius 2 is 1.87 bits per heavy atom. The highest BCUT2D eigenvalue weighted by Gasteiger charge is 2.26. The number of hydrogen-bond donors (Lipinski definition) is 1. The third-order valence-corrected chi connectivity index (χ3v) is 6.01. The van der Waals surface area contributed by atoms with Gasteiger partial charge in [0.15, 0.2) is 0 Å². The van der Waals surface area contributed by atoms with E-state index in [4.69, 9.17) is 22.4 Å². The number of carbonyl (C=O) groups excluding carboxylic acids is 1. The van der Waals surface area contributed by atoms with Gasteiger partial charge in [-0.15, -0.1) is 0 Å². The minimum atomic E-state index is -0.299. The van der Waals surface area contributed by atoms with Crippen LogP contribution < -0.4 is 11.3 Å². The van der Waals surface area contributed by atoms with Crippen molar-refractivity contribution >= 4 is 28.3 Å². The number of halogens is 1. The molecular formula is C23H25ClN4O2. The number of fused-ring (bicyclic) bond motifs is 1. The van der Waals surface area contributed by atoms with Gasteiger partial charge in [0, 0.05) is 35.8 Å². The van der Waals surface area contributed by atoms with Gasteiger partial charge >= 0.3 is 0 Å². The molecule has 0 spiro atoms. The van der Waals surface area contributed by atoms with Crippen LogP contribution in [0.4, 0.5) is 0 Å². The van der Waals surface area contributed by atoms with Gasteiger partial charge in [0.05, 0.1) is 17.6 Å². The normalized spacial score (nSPS) is 16.9. The molecule has 1 aromatic heterocycles. The Hall–Kier alpha value is -2.70. The van der Waals surface area contributed by atoms with Crippen molar-refractivity contribution in [3.8, 4) is 0 Å². The van der Waals surface area contributed by atoms with Gasteiger partial charge in [0.1, 0.15) is 0 Å². The van der Waals surface area contributed by atoms with Crippen LogP contribution in [0.1, 0.15) is 30.5 Å². The van der Waals surface area contributed by atoms with Crippen LogP contribution in [0.3, 0.4) is 0 Å². The molecule has 7 heteroatoms. The van der Waals surface area contributed by atoms with Crippen LogP contribution in [-0.4, -0.2) is 39.7 Å². The second-order valence-electron chi connectivity index (χ2n) is 7.83. The van der Waals surface area contributed by atoms with Crippen LogP contribution in [0.2, 0.25) is 5.02 Å². The first kappa shape index (κ1) is 20.6. The third-order valence-electron chi connectivity index (χ3n) is 5.76. The summed E-state index contributed by atoms with van der Waals surface area (Å²) in [5, 5.41) is 7.02. The summed E-state index contributed by atoms with van der Waals surface area (Å²) in [5.41, 5.74) is 7.20. The molecule has 0 bridgehead atoms. The van der Waals surface area contributed by atoms with Crippen LogP contribution in [0, 0.1) is 0 Å². The molecule has 1 amide bonds. The van der Waals surface area contributed by atoms with Gasteiger partial charge < -0.3 is 5.73 Å².